The molecule has 0 saturated carbocycles. The average Bonchev–Trinajstić information content (AvgIpc) is 3.50. The van der Waals surface area contributed by atoms with Crippen LogP contribution in [0.5, 0.6) is 11.5 Å². The predicted octanol–water partition coefficient (Wildman–Crippen LogP) is 4.24. The second kappa shape index (κ2) is 8.82. The van der Waals surface area contributed by atoms with E-state index in [1.807, 2.05) is 23.1 Å². The maximum Gasteiger partial charge on any atom is 0.171 e. The lowest BCUT2D eigenvalue weighted by molar-refractivity contribution is 0.343. The highest BCUT2D eigenvalue weighted by atomic mass is 19.1. The largest absolute Gasteiger partial charge is 0.494 e. The molecule has 1 aliphatic heterocycles. The van der Waals surface area contributed by atoms with Gasteiger partial charge in [0, 0.05) is 53.2 Å². The Hall–Kier alpha value is -3.46. The normalized spacial score (nSPS) is 14.7. The Kier molecular flexibility index (Phi) is 5.72. The van der Waals surface area contributed by atoms with Crippen LogP contribution in [0.15, 0.2) is 36.9 Å². The Labute approximate surface area is 189 Å². The second-order valence-corrected chi connectivity index (χ2v) is 8.19. The molecule has 0 amide bonds. The fourth-order valence-corrected chi connectivity index (χ4v) is 4.40. The van der Waals surface area contributed by atoms with Gasteiger partial charge in [0.25, 0.3) is 0 Å². The van der Waals surface area contributed by atoms with Gasteiger partial charge in [-0.25, -0.2) is 13.8 Å². The molecule has 0 spiro atoms. The van der Waals surface area contributed by atoms with Crippen molar-refractivity contribution in [1.82, 2.24) is 25.1 Å². The van der Waals surface area contributed by atoms with Gasteiger partial charge in [0.15, 0.2) is 23.1 Å². The summed E-state index contributed by atoms with van der Waals surface area (Å²) >= 11 is 0. The van der Waals surface area contributed by atoms with E-state index in [0.717, 1.165) is 48.0 Å². The lowest BCUT2D eigenvalue weighted by Crippen LogP contribution is -2.29. The molecule has 1 saturated heterocycles. The van der Waals surface area contributed by atoms with Gasteiger partial charge < -0.3 is 19.8 Å². The molecule has 1 aromatic carbocycles. The van der Waals surface area contributed by atoms with Gasteiger partial charge in [-0.1, -0.05) is 0 Å². The average molecular weight is 453 g/mol. The van der Waals surface area contributed by atoms with Crippen molar-refractivity contribution < 1.29 is 18.3 Å². The number of hydrogen-bond acceptors (Lipinski definition) is 5. The first kappa shape index (κ1) is 21.4. The van der Waals surface area contributed by atoms with E-state index >= 15 is 0 Å². The monoisotopic (exact) mass is 453 g/mol. The third-order valence-corrected chi connectivity index (χ3v) is 6.27. The zero-order valence-corrected chi connectivity index (χ0v) is 18.5. The molecule has 2 N–H and O–H groups in total. The number of nitrogens with one attached hydrogen (secondary N) is 2. The van der Waals surface area contributed by atoms with Crippen LogP contribution in [0.2, 0.25) is 0 Å². The van der Waals surface area contributed by atoms with E-state index in [9.17, 15) is 8.78 Å². The smallest absolute Gasteiger partial charge is 0.171 e. The number of hydrogen-bond donors (Lipinski definition) is 2. The number of methoxy groups -OCH3 is 2. The van der Waals surface area contributed by atoms with Gasteiger partial charge in [-0.3, -0.25) is 4.68 Å². The highest BCUT2D eigenvalue weighted by Gasteiger charge is 2.22. The lowest BCUT2D eigenvalue weighted by atomic mass is 10.0. The first-order chi connectivity index (χ1) is 16.1. The minimum Gasteiger partial charge on any atom is -0.494 e. The number of piperidine rings is 1. The summed E-state index contributed by atoms with van der Waals surface area (Å²) in [6.45, 7) is 1.98. The zero-order chi connectivity index (χ0) is 22.9. The van der Waals surface area contributed by atoms with Gasteiger partial charge in [0.1, 0.15) is 5.65 Å². The second-order valence-electron chi connectivity index (χ2n) is 8.19. The van der Waals surface area contributed by atoms with E-state index in [2.05, 4.69) is 20.4 Å². The number of fused-ring (bicyclic) bond motifs is 1. The van der Waals surface area contributed by atoms with E-state index in [4.69, 9.17) is 9.47 Å². The summed E-state index contributed by atoms with van der Waals surface area (Å²) in [5.41, 5.74) is 3.10. The Bertz CT molecular complexity index is 1270. The summed E-state index contributed by atoms with van der Waals surface area (Å²) in [7, 11) is 2.68. The van der Waals surface area contributed by atoms with Crippen molar-refractivity contribution in [1.29, 1.82) is 0 Å². The number of halogens is 2. The molecule has 0 radical (unpaired) electrons. The number of pyridine rings is 1. The summed E-state index contributed by atoms with van der Waals surface area (Å²) in [6.07, 6.45) is 9.49. The van der Waals surface area contributed by atoms with Crippen molar-refractivity contribution in [3.63, 3.8) is 0 Å². The third-order valence-electron chi connectivity index (χ3n) is 6.27. The number of H-pyrrole nitrogens is 1. The summed E-state index contributed by atoms with van der Waals surface area (Å²) < 4.78 is 42.0. The zero-order valence-electron chi connectivity index (χ0n) is 18.5. The van der Waals surface area contributed by atoms with Gasteiger partial charge in [-0.05, 0) is 37.6 Å². The molecule has 9 heteroatoms. The number of aromatic amines is 1. The van der Waals surface area contributed by atoms with E-state index in [1.54, 1.807) is 12.4 Å². The summed E-state index contributed by atoms with van der Waals surface area (Å²) in [5.74, 6) is -1.60. The topological polar surface area (TPSA) is 77.0 Å². The number of benzene rings is 1. The highest BCUT2D eigenvalue weighted by Crippen LogP contribution is 2.34. The molecule has 0 unspecified atom stereocenters. The standard InChI is InChI=1S/C24H25F2N5O2/c1-32-20-9-21(33-2)23(26)19(22(20)25)8-15-11-29-24-18(15)7-14(10-28-24)16-12-30-31(13-16)17-3-5-27-6-4-17/h7,9-13,17,27H,3-6,8H2,1-2H3,(H,28,29). The maximum absolute atomic E-state index is 14.9. The molecule has 0 atom stereocenters. The van der Waals surface area contributed by atoms with Crippen LogP contribution in [0, 0.1) is 11.6 Å². The van der Waals surface area contributed by atoms with Crippen molar-refractivity contribution in [2.24, 2.45) is 0 Å². The summed E-state index contributed by atoms with van der Waals surface area (Å²) in [6, 6.07) is 3.57. The highest BCUT2D eigenvalue weighted by molar-refractivity contribution is 5.84. The Morgan fingerprint density at radius 3 is 2.45 bits per heavy atom. The lowest BCUT2D eigenvalue weighted by Gasteiger charge is -2.22. The van der Waals surface area contributed by atoms with Crippen molar-refractivity contribution in [2.45, 2.75) is 25.3 Å². The van der Waals surface area contributed by atoms with Crippen molar-refractivity contribution in [2.75, 3.05) is 27.3 Å². The van der Waals surface area contributed by atoms with Crippen LogP contribution >= 0.6 is 0 Å². The summed E-state index contributed by atoms with van der Waals surface area (Å²) in [4.78, 5) is 7.61. The van der Waals surface area contributed by atoms with Crippen LogP contribution in [0.25, 0.3) is 22.2 Å². The van der Waals surface area contributed by atoms with E-state index in [1.165, 1.54) is 20.3 Å². The SMILES string of the molecule is COc1cc(OC)c(F)c(Cc2c[nH]c3ncc(-c4cnn(C5CCNCC5)c4)cc23)c1F. The molecule has 0 aliphatic carbocycles. The Morgan fingerprint density at radius 1 is 1.03 bits per heavy atom. The van der Waals surface area contributed by atoms with Gasteiger partial charge in [0.05, 0.1) is 26.5 Å². The molecular weight excluding hydrogens is 428 g/mol. The van der Waals surface area contributed by atoms with Gasteiger partial charge >= 0.3 is 0 Å². The molecule has 4 heterocycles. The van der Waals surface area contributed by atoms with E-state index < -0.39 is 11.6 Å². The van der Waals surface area contributed by atoms with Gasteiger partial charge in [-0.2, -0.15) is 5.10 Å². The van der Waals surface area contributed by atoms with Crippen LogP contribution in [-0.2, 0) is 6.42 Å². The summed E-state index contributed by atoms with van der Waals surface area (Å²) in [5, 5.41) is 8.72. The Morgan fingerprint density at radius 2 is 1.76 bits per heavy atom. The van der Waals surface area contributed by atoms with E-state index in [-0.39, 0.29) is 23.5 Å². The fraction of sp³-hybridized carbons (Fsp3) is 0.333. The molecular formula is C24H25F2N5O2. The first-order valence-corrected chi connectivity index (χ1v) is 10.9. The van der Waals surface area contributed by atoms with Gasteiger partial charge in [0.2, 0.25) is 0 Å². The van der Waals surface area contributed by atoms with Crippen molar-refractivity contribution in [3.8, 4) is 22.6 Å². The molecule has 3 aromatic heterocycles. The third kappa shape index (κ3) is 3.93. The maximum atomic E-state index is 14.9. The van der Waals surface area contributed by atoms with Crippen LogP contribution in [0.1, 0.15) is 30.0 Å². The molecule has 172 valence electrons. The van der Waals surface area contributed by atoms with E-state index in [0.29, 0.717) is 11.7 Å². The number of rotatable bonds is 6. The quantitative estimate of drug-likeness (QED) is 0.457. The molecule has 1 aliphatic rings. The predicted molar refractivity (Wildman–Crippen MR) is 121 cm³/mol. The number of ether oxygens (including phenoxy) is 2. The Balaban J connectivity index is 1.50. The minimum atomic E-state index is -0.738. The minimum absolute atomic E-state index is 0.0185. The van der Waals surface area contributed by atoms with Crippen LogP contribution < -0.4 is 14.8 Å². The molecule has 7 nitrogen and oxygen atoms in total. The molecule has 1 fully saturated rings. The number of nitrogens with zero attached hydrogens (tertiary/aromatic N) is 3. The molecule has 33 heavy (non-hydrogen) atoms. The first-order valence-electron chi connectivity index (χ1n) is 10.9. The van der Waals surface area contributed by atoms with Crippen LogP contribution in [0.3, 0.4) is 0 Å². The van der Waals surface area contributed by atoms with Gasteiger partial charge in [-0.15, -0.1) is 0 Å². The number of aromatic nitrogens is 4. The molecule has 4 aromatic rings. The van der Waals surface area contributed by atoms with Crippen molar-refractivity contribution in [3.05, 3.63) is 59.7 Å². The van der Waals surface area contributed by atoms with Crippen LogP contribution in [0.4, 0.5) is 8.78 Å². The van der Waals surface area contributed by atoms with Crippen molar-refractivity contribution >= 4 is 11.0 Å². The molecule has 0 bridgehead atoms. The fourth-order valence-electron chi connectivity index (χ4n) is 4.40. The molecule has 5 rings (SSSR count). The van der Waals surface area contributed by atoms with Crippen LogP contribution in [-0.4, -0.2) is 47.1 Å².